The van der Waals surface area contributed by atoms with Crippen molar-refractivity contribution in [3.05, 3.63) is 100 Å². The number of nitrogens with zero attached hydrogens (tertiary/aromatic N) is 1. The number of benzene rings is 3. The van der Waals surface area contributed by atoms with E-state index < -0.39 is 23.7 Å². The zero-order valence-electron chi connectivity index (χ0n) is 19.4. The Balaban J connectivity index is 1.48. The molecule has 1 saturated heterocycles. The summed E-state index contributed by atoms with van der Waals surface area (Å²) in [5.41, 5.74) is 2.32. The Kier molecular flexibility index (Phi) is 7.29. The molecule has 8 nitrogen and oxygen atoms in total. The number of carbonyl (C=O) groups is 3. The molecule has 0 spiro atoms. The van der Waals surface area contributed by atoms with E-state index in [1.807, 2.05) is 6.92 Å². The van der Waals surface area contributed by atoms with Gasteiger partial charge in [0.05, 0.1) is 18.7 Å². The highest BCUT2D eigenvalue weighted by Gasteiger charge is 2.33. The first-order valence-corrected chi connectivity index (χ1v) is 11.1. The predicted octanol–water partition coefficient (Wildman–Crippen LogP) is 4.59. The molecule has 0 aromatic heterocycles. The van der Waals surface area contributed by atoms with E-state index in [2.05, 4.69) is 5.32 Å². The van der Waals surface area contributed by atoms with E-state index in [0.29, 0.717) is 29.2 Å². The lowest BCUT2D eigenvalue weighted by Crippen LogP contribution is -2.30. The lowest BCUT2D eigenvalue weighted by atomic mass is 10.1. The number of amides is 3. The minimum absolute atomic E-state index is 0.0205. The number of carboxylic acid groups (broad SMARTS) is 1. The largest absolute Gasteiger partial charge is 0.490 e. The molecule has 3 aromatic rings. The second kappa shape index (κ2) is 10.7. The summed E-state index contributed by atoms with van der Waals surface area (Å²) in [6.07, 6.45) is 1.54. The summed E-state index contributed by atoms with van der Waals surface area (Å²) in [6, 6.07) is 16.5. The van der Waals surface area contributed by atoms with Crippen LogP contribution >= 0.6 is 0 Å². The molecule has 0 radical (unpaired) electrons. The van der Waals surface area contributed by atoms with Crippen molar-refractivity contribution in [3.8, 4) is 11.5 Å². The topological polar surface area (TPSA) is 105 Å². The maximum atomic E-state index is 13.1. The van der Waals surface area contributed by atoms with Crippen LogP contribution in [0.5, 0.6) is 11.5 Å². The molecule has 0 unspecified atom stereocenters. The van der Waals surface area contributed by atoms with Crippen molar-refractivity contribution in [2.75, 3.05) is 6.61 Å². The number of rotatable bonds is 9. The lowest BCUT2D eigenvalue weighted by Gasteiger charge is -2.13. The van der Waals surface area contributed by atoms with E-state index >= 15 is 0 Å². The van der Waals surface area contributed by atoms with Gasteiger partial charge in [-0.3, -0.25) is 9.69 Å². The van der Waals surface area contributed by atoms with E-state index in [9.17, 15) is 18.8 Å². The number of carbonyl (C=O) groups excluding carboxylic acids is 2. The summed E-state index contributed by atoms with van der Waals surface area (Å²) in [6.45, 7) is 2.43. The smallest absolute Gasteiger partial charge is 0.335 e. The Bertz CT molecular complexity index is 1320. The van der Waals surface area contributed by atoms with Gasteiger partial charge in [-0.05, 0) is 66.1 Å². The van der Waals surface area contributed by atoms with Gasteiger partial charge >= 0.3 is 12.0 Å². The van der Waals surface area contributed by atoms with Crippen LogP contribution in [0.1, 0.15) is 34.0 Å². The first-order valence-electron chi connectivity index (χ1n) is 11.1. The van der Waals surface area contributed by atoms with Crippen molar-refractivity contribution in [3.63, 3.8) is 0 Å². The molecule has 0 saturated carbocycles. The number of halogens is 1. The highest BCUT2D eigenvalue weighted by molar-refractivity contribution is 6.13. The molecule has 0 aliphatic carbocycles. The minimum atomic E-state index is -0.999. The predicted molar refractivity (Wildman–Crippen MR) is 129 cm³/mol. The summed E-state index contributed by atoms with van der Waals surface area (Å²) in [5.74, 6) is -0.964. The van der Waals surface area contributed by atoms with Gasteiger partial charge in [-0.25, -0.2) is 14.0 Å². The van der Waals surface area contributed by atoms with Crippen LogP contribution in [-0.2, 0) is 17.9 Å². The summed E-state index contributed by atoms with van der Waals surface area (Å²) in [7, 11) is 0. The van der Waals surface area contributed by atoms with Gasteiger partial charge in [0.2, 0.25) is 0 Å². The second-order valence-electron chi connectivity index (χ2n) is 7.94. The number of hydrogen-bond donors (Lipinski definition) is 2. The van der Waals surface area contributed by atoms with Crippen LogP contribution in [0.4, 0.5) is 9.18 Å². The normalized spacial score (nSPS) is 14.2. The molecule has 1 aliphatic heterocycles. The van der Waals surface area contributed by atoms with E-state index in [4.69, 9.17) is 14.6 Å². The number of aromatic carboxylic acids is 1. The van der Waals surface area contributed by atoms with E-state index in [1.165, 1.54) is 36.4 Å². The number of ether oxygens (including phenoxy) is 2. The van der Waals surface area contributed by atoms with Crippen molar-refractivity contribution in [1.82, 2.24) is 10.2 Å². The molecular formula is C27H23FN2O6. The first kappa shape index (κ1) is 24.5. The monoisotopic (exact) mass is 490 g/mol. The van der Waals surface area contributed by atoms with Gasteiger partial charge < -0.3 is 19.9 Å². The maximum Gasteiger partial charge on any atom is 0.335 e. The van der Waals surface area contributed by atoms with Crippen LogP contribution in [-0.4, -0.2) is 34.5 Å². The van der Waals surface area contributed by atoms with Crippen molar-refractivity contribution < 1.29 is 33.4 Å². The molecule has 184 valence electrons. The molecule has 1 fully saturated rings. The average molecular weight is 490 g/mol. The molecular weight excluding hydrogens is 467 g/mol. The Hall–Kier alpha value is -4.66. The summed E-state index contributed by atoms with van der Waals surface area (Å²) >= 11 is 0. The average Bonchev–Trinajstić information content (AvgIpc) is 3.12. The van der Waals surface area contributed by atoms with Crippen LogP contribution in [0.2, 0.25) is 0 Å². The van der Waals surface area contributed by atoms with Gasteiger partial charge in [0.15, 0.2) is 11.5 Å². The maximum absolute atomic E-state index is 13.1. The zero-order valence-corrected chi connectivity index (χ0v) is 19.4. The van der Waals surface area contributed by atoms with Gasteiger partial charge in [0.1, 0.15) is 18.1 Å². The molecule has 3 aromatic carbocycles. The van der Waals surface area contributed by atoms with Crippen molar-refractivity contribution in [2.24, 2.45) is 0 Å². The third-order valence-electron chi connectivity index (χ3n) is 5.39. The SMILES string of the molecule is CCOc1cc(/C=C2/NC(=O)N(Cc3ccc(F)cc3)C2=O)ccc1OCc1ccc(C(=O)O)cc1. The Morgan fingerprint density at radius 3 is 2.33 bits per heavy atom. The highest BCUT2D eigenvalue weighted by atomic mass is 19.1. The number of hydrogen-bond acceptors (Lipinski definition) is 5. The summed E-state index contributed by atoms with van der Waals surface area (Å²) in [5, 5.41) is 11.6. The Morgan fingerprint density at radius 2 is 1.67 bits per heavy atom. The van der Waals surface area contributed by atoms with E-state index in [0.717, 1.165) is 10.5 Å². The molecule has 3 amide bonds. The molecule has 36 heavy (non-hydrogen) atoms. The fraction of sp³-hybridized carbons (Fsp3) is 0.148. The van der Waals surface area contributed by atoms with Crippen molar-refractivity contribution in [2.45, 2.75) is 20.1 Å². The fourth-order valence-corrected chi connectivity index (χ4v) is 3.56. The van der Waals surface area contributed by atoms with Gasteiger partial charge in [0.25, 0.3) is 5.91 Å². The quantitative estimate of drug-likeness (QED) is 0.336. The van der Waals surface area contributed by atoms with Crippen LogP contribution in [0, 0.1) is 5.82 Å². The molecule has 4 rings (SSSR count). The van der Waals surface area contributed by atoms with E-state index in [-0.39, 0.29) is 24.4 Å². The highest BCUT2D eigenvalue weighted by Crippen LogP contribution is 2.30. The molecule has 0 bridgehead atoms. The summed E-state index contributed by atoms with van der Waals surface area (Å²) < 4.78 is 24.7. The van der Waals surface area contributed by atoms with Gasteiger partial charge in [-0.2, -0.15) is 0 Å². The standard InChI is InChI=1S/C27H23FN2O6/c1-2-35-24-14-19(7-12-23(24)36-16-18-3-8-20(9-4-18)26(32)33)13-22-25(31)30(27(34)29-22)15-17-5-10-21(28)11-6-17/h3-14H,2,15-16H2,1H3,(H,29,34)(H,32,33)/b22-13+. The second-order valence-corrected chi connectivity index (χ2v) is 7.94. The number of imide groups is 1. The third-order valence-corrected chi connectivity index (χ3v) is 5.39. The van der Waals surface area contributed by atoms with Crippen LogP contribution in [0.15, 0.2) is 72.4 Å². The van der Waals surface area contributed by atoms with Crippen LogP contribution < -0.4 is 14.8 Å². The zero-order chi connectivity index (χ0) is 25.7. The molecule has 2 N–H and O–H groups in total. The van der Waals surface area contributed by atoms with Crippen molar-refractivity contribution in [1.29, 1.82) is 0 Å². The van der Waals surface area contributed by atoms with E-state index in [1.54, 1.807) is 36.4 Å². The van der Waals surface area contributed by atoms with Crippen LogP contribution in [0.3, 0.4) is 0 Å². The Morgan fingerprint density at radius 1 is 0.972 bits per heavy atom. The number of nitrogens with one attached hydrogen (secondary N) is 1. The van der Waals surface area contributed by atoms with Gasteiger partial charge in [0, 0.05) is 0 Å². The van der Waals surface area contributed by atoms with Gasteiger partial charge in [-0.15, -0.1) is 0 Å². The lowest BCUT2D eigenvalue weighted by molar-refractivity contribution is -0.123. The number of urea groups is 1. The Labute approximate surface area is 206 Å². The third kappa shape index (κ3) is 5.69. The minimum Gasteiger partial charge on any atom is -0.490 e. The van der Waals surface area contributed by atoms with Crippen LogP contribution in [0.25, 0.3) is 6.08 Å². The molecule has 9 heteroatoms. The molecule has 1 heterocycles. The first-order chi connectivity index (χ1) is 17.3. The fourth-order valence-electron chi connectivity index (χ4n) is 3.56. The molecule has 1 aliphatic rings. The van der Waals surface area contributed by atoms with Crippen molar-refractivity contribution >= 4 is 24.0 Å². The molecule has 0 atom stereocenters. The number of carboxylic acids is 1. The van der Waals surface area contributed by atoms with Gasteiger partial charge in [-0.1, -0.05) is 30.3 Å². The summed E-state index contributed by atoms with van der Waals surface area (Å²) in [4.78, 5) is 37.2.